The van der Waals surface area contributed by atoms with Gasteiger partial charge in [0.1, 0.15) is 5.56 Å². The molecule has 0 saturated heterocycles. The Morgan fingerprint density at radius 2 is 2.25 bits per heavy atom. The number of aryl methyl sites for hydroxylation is 2. The summed E-state index contributed by atoms with van der Waals surface area (Å²) in [5.41, 5.74) is 3.02. The molecule has 0 aliphatic heterocycles. The Morgan fingerprint density at radius 3 is 2.95 bits per heavy atom. The first-order valence-corrected chi connectivity index (χ1v) is 7.12. The van der Waals surface area contributed by atoms with E-state index in [1.165, 1.54) is 0 Å². The van der Waals surface area contributed by atoms with E-state index in [0.29, 0.717) is 17.8 Å². The number of aromatic nitrogens is 3. The van der Waals surface area contributed by atoms with Gasteiger partial charge in [0, 0.05) is 12.1 Å². The van der Waals surface area contributed by atoms with E-state index in [0.717, 1.165) is 16.8 Å². The van der Waals surface area contributed by atoms with Crippen LogP contribution in [0, 0.1) is 13.8 Å². The molecule has 0 aliphatic rings. The van der Waals surface area contributed by atoms with Crippen LogP contribution in [-0.4, -0.2) is 15.1 Å². The van der Waals surface area contributed by atoms with Gasteiger partial charge < -0.3 is 9.51 Å². The third-order valence-electron chi connectivity index (χ3n) is 2.99. The first kappa shape index (κ1) is 12.8. The summed E-state index contributed by atoms with van der Waals surface area (Å²) in [5, 5.41) is 7.98. The van der Waals surface area contributed by atoms with Crippen molar-refractivity contribution in [2.24, 2.45) is 0 Å². The monoisotopic (exact) mass is 287 g/mol. The van der Waals surface area contributed by atoms with Crippen molar-refractivity contribution in [3.63, 3.8) is 0 Å². The number of hydrogen-bond acceptors (Lipinski definition) is 5. The molecule has 3 aromatic rings. The summed E-state index contributed by atoms with van der Waals surface area (Å²) in [6, 6.07) is 3.91. The Bertz CT molecular complexity index is 787. The van der Waals surface area contributed by atoms with Crippen LogP contribution in [0.3, 0.4) is 0 Å². The number of thiophene rings is 1. The SMILES string of the molecule is Cc1cc(C)c(-c2nc(Cc3ccsc3)no2)c(=O)[nH]1. The average molecular weight is 287 g/mol. The Labute approximate surface area is 119 Å². The van der Waals surface area contributed by atoms with Crippen LogP contribution in [0.1, 0.15) is 22.6 Å². The zero-order valence-corrected chi connectivity index (χ0v) is 12.0. The summed E-state index contributed by atoms with van der Waals surface area (Å²) < 4.78 is 5.22. The van der Waals surface area contributed by atoms with E-state index in [-0.39, 0.29) is 11.4 Å². The molecule has 0 aliphatic carbocycles. The molecule has 0 amide bonds. The maximum atomic E-state index is 12.0. The first-order chi connectivity index (χ1) is 9.63. The number of nitrogens with zero attached hydrogens (tertiary/aromatic N) is 2. The molecular weight excluding hydrogens is 274 g/mol. The van der Waals surface area contributed by atoms with E-state index in [1.54, 1.807) is 11.3 Å². The number of hydrogen-bond donors (Lipinski definition) is 1. The second kappa shape index (κ2) is 5.05. The molecule has 20 heavy (non-hydrogen) atoms. The Kier molecular flexibility index (Phi) is 3.23. The molecule has 0 saturated carbocycles. The molecule has 102 valence electrons. The summed E-state index contributed by atoms with van der Waals surface area (Å²) in [6.07, 6.45) is 0.607. The van der Waals surface area contributed by atoms with Crippen LogP contribution in [0.5, 0.6) is 0 Å². The summed E-state index contributed by atoms with van der Waals surface area (Å²) in [5.74, 6) is 0.853. The topological polar surface area (TPSA) is 71.8 Å². The lowest BCUT2D eigenvalue weighted by Crippen LogP contribution is -2.12. The lowest BCUT2D eigenvalue weighted by atomic mass is 10.1. The molecule has 3 aromatic heterocycles. The van der Waals surface area contributed by atoms with Gasteiger partial charge in [-0.3, -0.25) is 4.79 Å². The van der Waals surface area contributed by atoms with Gasteiger partial charge in [-0.25, -0.2) is 0 Å². The average Bonchev–Trinajstić information content (AvgIpc) is 3.00. The van der Waals surface area contributed by atoms with Gasteiger partial charge in [-0.2, -0.15) is 16.3 Å². The number of nitrogens with one attached hydrogen (secondary N) is 1. The largest absolute Gasteiger partial charge is 0.334 e. The fourth-order valence-corrected chi connectivity index (χ4v) is 2.79. The third kappa shape index (κ3) is 2.42. The van der Waals surface area contributed by atoms with Crippen molar-refractivity contribution < 1.29 is 4.52 Å². The smallest absolute Gasteiger partial charge is 0.263 e. The molecule has 0 unspecified atom stereocenters. The van der Waals surface area contributed by atoms with E-state index >= 15 is 0 Å². The van der Waals surface area contributed by atoms with Crippen LogP contribution in [0.4, 0.5) is 0 Å². The molecule has 3 heterocycles. The number of H-pyrrole nitrogens is 1. The highest BCUT2D eigenvalue weighted by Gasteiger charge is 2.15. The minimum Gasteiger partial charge on any atom is -0.334 e. The van der Waals surface area contributed by atoms with Gasteiger partial charge in [-0.15, -0.1) is 0 Å². The predicted molar refractivity (Wildman–Crippen MR) is 77.0 cm³/mol. The highest BCUT2D eigenvalue weighted by atomic mass is 32.1. The Balaban J connectivity index is 1.96. The van der Waals surface area contributed by atoms with Crippen molar-refractivity contribution >= 4 is 11.3 Å². The van der Waals surface area contributed by atoms with Crippen molar-refractivity contribution in [2.75, 3.05) is 0 Å². The Morgan fingerprint density at radius 1 is 1.40 bits per heavy atom. The molecule has 0 fully saturated rings. The second-order valence-corrected chi connectivity index (χ2v) is 5.44. The van der Waals surface area contributed by atoms with Crippen molar-refractivity contribution in [3.8, 4) is 11.5 Å². The minimum absolute atomic E-state index is 0.201. The summed E-state index contributed by atoms with van der Waals surface area (Å²) in [4.78, 5) is 19.1. The maximum Gasteiger partial charge on any atom is 0.263 e. The van der Waals surface area contributed by atoms with E-state index in [9.17, 15) is 4.79 Å². The maximum absolute atomic E-state index is 12.0. The normalized spacial score (nSPS) is 10.9. The molecule has 0 atom stereocenters. The van der Waals surface area contributed by atoms with Gasteiger partial charge >= 0.3 is 0 Å². The standard InChI is InChI=1S/C14H13N3O2S/c1-8-5-9(2)15-13(18)12(8)14-16-11(17-19-14)6-10-3-4-20-7-10/h3-5,7H,6H2,1-2H3,(H,15,18). The molecule has 6 heteroatoms. The van der Waals surface area contributed by atoms with Crippen molar-refractivity contribution in [2.45, 2.75) is 20.3 Å². The van der Waals surface area contributed by atoms with Crippen LogP contribution in [-0.2, 0) is 6.42 Å². The van der Waals surface area contributed by atoms with E-state index in [2.05, 4.69) is 15.1 Å². The molecule has 0 bridgehead atoms. The minimum atomic E-state index is -0.201. The lowest BCUT2D eigenvalue weighted by molar-refractivity contribution is 0.423. The number of rotatable bonds is 3. The van der Waals surface area contributed by atoms with Crippen molar-refractivity contribution in [3.05, 3.63) is 55.9 Å². The van der Waals surface area contributed by atoms with E-state index < -0.39 is 0 Å². The van der Waals surface area contributed by atoms with Crippen LogP contribution in [0.15, 0.2) is 32.2 Å². The highest BCUT2D eigenvalue weighted by molar-refractivity contribution is 7.07. The third-order valence-corrected chi connectivity index (χ3v) is 3.72. The lowest BCUT2D eigenvalue weighted by Gasteiger charge is -2.00. The Hall–Kier alpha value is -2.21. The number of aromatic amines is 1. The summed E-state index contributed by atoms with van der Waals surface area (Å²) >= 11 is 1.63. The highest BCUT2D eigenvalue weighted by Crippen LogP contribution is 2.19. The molecule has 5 nitrogen and oxygen atoms in total. The van der Waals surface area contributed by atoms with E-state index in [1.807, 2.05) is 36.7 Å². The predicted octanol–water partition coefficient (Wildman–Crippen LogP) is 2.69. The van der Waals surface area contributed by atoms with Gasteiger partial charge in [0.2, 0.25) is 0 Å². The van der Waals surface area contributed by atoms with Crippen LogP contribution >= 0.6 is 11.3 Å². The van der Waals surface area contributed by atoms with Gasteiger partial charge in [0.05, 0.1) is 0 Å². The first-order valence-electron chi connectivity index (χ1n) is 6.18. The van der Waals surface area contributed by atoms with Crippen molar-refractivity contribution in [1.29, 1.82) is 0 Å². The van der Waals surface area contributed by atoms with Gasteiger partial charge in [-0.1, -0.05) is 5.16 Å². The van der Waals surface area contributed by atoms with Crippen LogP contribution in [0.2, 0.25) is 0 Å². The molecule has 0 radical (unpaired) electrons. The van der Waals surface area contributed by atoms with Crippen LogP contribution in [0.25, 0.3) is 11.5 Å². The molecule has 3 rings (SSSR count). The summed E-state index contributed by atoms with van der Waals surface area (Å²) in [7, 11) is 0. The van der Waals surface area contributed by atoms with Gasteiger partial charge in [-0.05, 0) is 47.9 Å². The quantitative estimate of drug-likeness (QED) is 0.804. The van der Waals surface area contributed by atoms with E-state index in [4.69, 9.17) is 4.52 Å². The fraction of sp³-hybridized carbons (Fsp3) is 0.214. The van der Waals surface area contributed by atoms with Crippen LogP contribution < -0.4 is 5.56 Å². The number of pyridine rings is 1. The van der Waals surface area contributed by atoms with Crippen molar-refractivity contribution in [1.82, 2.24) is 15.1 Å². The fourth-order valence-electron chi connectivity index (χ4n) is 2.12. The zero-order valence-electron chi connectivity index (χ0n) is 11.1. The van der Waals surface area contributed by atoms with Gasteiger partial charge in [0.15, 0.2) is 5.82 Å². The molecule has 0 spiro atoms. The molecule has 1 N–H and O–H groups in total. The van der Waals surface area contributed by atoms with Gasteiger partial charge in [0.25, 0.3) is 11.4 Å². The molecule has 0 aromatic carbocycles. The molecular formula is C14H13N3O2S. The zero-order chi connectivity index (χ0) is 14.1. The summed E-state index contributed by atoms with van der Waals surface area (Å²) in [6.45, 7) is 3.70. The second-order valence-electron chi connectivity index (χ2n) is 4.66.